The summed E-state index contributed by atoms with van der Waals surface area (Å²) < 4.78 is 2.17. The van der Waals surface area contributed by atoms with E-state index in [0.29, 0.717) is 5.82 Å². The van der Waals surface area contributed by atoms with E-state index >= 15 is 0 Å². The highest BCUT2D eigenvalue weighted by Gasteiger charge is 2.16. The molecule has 0 bridgehead atoms. The third-order valence-corrected chi connectivity index (χ3v) is 10.2. The number of benzene rings is 6. The van der Waals surface area contributed by atoms with E-state index in [1.807, 2.05) is 24.3 Å². The zero-order valence-electron chi connectivity index (χ0n) is 26.7. The Labute approximate surface area is 298 Å². The Morgan fingerprint density at radius 3 is 1.54 bits per heavy atom. The van der Waals surface area contributed by atoms with Crippen LogP contribution in [-0.4, -0.2) is 19.9 Å². The van der Waals surface area contributed by atoms with E-state index in [2.05, 4.69) is 149 Å². The fourth-order valence-corrected chi connectivity index (χ4v) is 7.71. The molecular formula is C44H27ClN4S. The molecule has 3 aromatic heterocycles. The molecule has 9 aromatic rings. The summed E-state index contributed by atoms with van der Waals surface area (Å²) in [5.41, 5.74) is 11.9. The summed E-state index contributed by atoms with van der Waals surface area (Å²) in [7, 11) is 0. The standard InChI is InChI=1S/C44H27ClN4S/c45-44-48-40(42-41(49-44)36-19-7-8-20-39(36)50-42)30-21-23-31(24-22-30)43-46-37(34-17-9-15-32(25-34)28-11-3-1-4-12-28)27-38(47-43)35-18-10-16-33(26-35)29-13-5-2-6-14-29/h1-27H. The molecule has 6 aromatic carbocycles. The molecule has 50 heavy (non-hydrogen) atoms. The van der Waals surface area contributed by atoms with Crippen molar-refractivity contribution in [2.45, 2.75) is 0 Å². The van der Waals surface area contributed by atoms with Gasteiger partial charge in [0.05, 0.1) is 27.3 Å². The zero-order valence-corrected chi connectivity index (χ0v) is 28.2. The summed E-state index contributed by atoms with van der Waals surface area (Å²) in [4.78, 5) is 19.6. The van der Waals surface area contributed by atoms with Gasteiger partial charge in [-0.3, -0.25) is 0 Å². The summed E-state index contributed by atoms with van der Waals surface area (Å²) in [6.45, 7) is 0. The quantitative estimate of drug-likeness (QED) is 0.164. The third kappa shape index (κ3) is 5.73. The molecule has 0 saturated carbocycles. The second kappa shape index (κ2) is 12.8. The maximum absolute atomic E-state index is 6.47. The van der Waals surface area contributed by atoms with E-state index in [-0.39, 0.29) is 5.28 Å². The number of fused-ring (bicyclic) bond motifs is 3. The molecule has 0 aliphatic heterocycles. The van der Waals surface area contributed by atoms with Crippen molar-refractivity contribution >= 4 is 43.2 Å². The Morgan fingerprint density at radius 1 is 0.400 bits per heavy atom. The zero-order chi connectivity index (χ0) is 33.4. The van der Waals surface area contributed by atoms with Crippen molar-refractivity contribution in [2.24, 2.45) is 0 Å². The number of aromatic nitrogens is 4. The summed E-state index contributed by atoms with van der Waals surface area (Å²) in [6.07, 6.45) is 0. The lowest BCUT2D eigenvalue weighted by Crippen LogP contribution is -1.96. The Hall–Kier alpha value is -6.01. The summed E-state index contributed by atoms with van der Waals surface area (Å²) in [5, 5.41) is 1.32. The minimum absolute atomic E-state index is 0.233. The molecule has 0 amide bonds. The van der Waals surface area contributed by atoms with Crippen LogP contribution >= 0.6 is 22.9 Å². The second-order valence-electron chi connectivity index (χ2n) is 12.1. The lowest BCUT2D eigenvalue weighted by molar-refractivity contribution is 1.18. The van der Waals surface area contributed by atoms with Crippen LogP contribution in [-0.2, 0) is 0 Å². The summed E-state index contributed by atoms with van der Waals surface area (Å²) >= 11 is 8.15. The summed E-state index contributed by atoms with van der Waals surface area (Å²) in [5.74, 6) is 0.645. The smallest absolute Gasteiger partial charge is 0.223 e. The van der Waals surface area contributed by atoms with E-state index in [4.69, 9.17) is 21.6 Å². The molecule has 0 unspecified atom stereocenters. The van der Waals surface area contributed by atoms with Gasteiger partial charge in [0.1, 0.15) is 0 Å². The van der Waals surface area contributed by atoms with Crippen LogP contribution in [0.3, 0.4) is 0 Å². The lowest BCUT2D eigenvalue weighted by atomic mass is 9.99. The fourth-order valence-electron chi connectivity index (χ4n) is 6.39. The van der Waals surface area contributed by atoms with Crippen LogP contribution in [0.25, 0.3) is 87.7 Å². The van der Waals surface area contributed by atoms with Crippen molar-refractivity contribution in [1.82, 2.24) is 19.9 Å². The number of nitrogens with zero attached hydrogens (tertiary/aromatic N) is 4. The molecule has 3 heterocycles. The van der Waals surface area contributed by atoms with Gasteiger partial charge in [-0.15, -0.1) is 11.3 Å². The van der Waals surface area contributed by atoms with Gasteiger partial charge >= 0.3 is 0 Å². The Morgan fingerprint density at radius 2 is 0.920 bits per heavy atom. The molecule has 4 nitrogen and oxygen atoms in total. The van der Waals surface area contributed by atoms with E-state index < -0.39 is 0 Å². The van der Waals surface area contributed by atoms with Crippen molar-refractivity contribution < 1.29 is 0 Å². The maximum atomic E-state index is 6.47. The van der Waals surface area contributed by atoms with E-state index in [1.54, 1.807) is 11.3 Å². The average molecular weight is 679 g/mol. The molecule has 0 radical (unpaired) electrons. The molecule has 236 valence electrons. The first-order valence-corrected chi connectivity index (χ1v) is 17.5. The van der Waals surface area contributed by atoms with Gasteiger partial charge in [0.2, 0.25) is 5.28 Å². The van der Waals surface area contributed by atoms with Gasteiger partial charge in [0, 0.05) is 32.3 Å². The van der Waals surface area contributed by atoms with E-state index in [0.717, 1.165) is 81.9 Å². The highest BCUT2D eigenvalue weighted by molar-refractivity contribution is 7.26. The van der Waals surface area contributed by atoms with Crippen LogP contribution in [0, 0.1) is 0 Å². The highest BCUT2D eigenvalue weighted by atomic mass is 35.5. The third-order valence-electron chi connectivity index (χ3n) is 8.87. The van der Waals surface area contributed by atoms with Crippen LogP contribution < -0.4 is 0 Å². The molecule has 0 aliphatic carbocycles. The molecule has 0 saturated heterocycles. The molecule has 6 heteroatoms. The minimum atomic E-state index is 0.233. The van der Waals surface area contributed by atoms with Crippen LogP contribution in [0.1, 0.15) is 0 Å². The van der Waals surface area contributed by atoms with E-state index in [1.165, 1.54) is 0 Å². The molecule has 0 aliphatic rings. The fraction of sp³-hybridized carbons (Fsp3) is 0. The van der Waals surface area contributed by atoms with Crippen LogP contribution in [0.15, 0.2) is 164 Å². The monoisotopic (exact) mass is 678 g/mol. The van der Waals surface area contributed by atoms with E-state index in [9.17, 15) is 0 Å². The Balaban J connectivity index is 1.16. The van der Waals surface area contributed by atoms with Crippen LogP contribution in [0.4, 0.5) is 0 Å². The van der Waals surface area contributed by atoms with Gasteiger partial charge in [-0.25, -0.2) is 19.9 Å². The number of thiophene rings is 1. The predicted octanol–water partition coefficient (Wildman–Crippen LogP) is 12.3. The van der Waals surface area contributed by atoms with Crippen LogP contribution in [0.5, 0.6) is 0 Å². The Bertz CT molecular complexity index is 2550. The molecule has 0 N–H and O–H groups in total. The molecular weight excluding hydrogens is 652 g/mol. The van der Waals surface area contributed by atoms with Gasteiger partial charge in [-0.05, 0) is 58.1 Å². The first kappa shape index (κ1) is 30.1. The molecule has 0 atom stereocenters. The topological polar surface area (TPSA) is 51.6 Å². The van der Waals surface area contributed by atoms with Crippen molar-refractivity contribution in [3.8, 4) is 67.4 Å². The van der Waals surface area contributed by atoms with Gasteiger partial charge in [-0.2, -0.15) is 0 Å². The number of rotatable bonds is 6. The second-order valence-corrected chi connectivity index (χ2v) is 13.4. The first-order chi connectivity index (χ1) is 24.7. The summed E-state index contributed by atoms with van der Waals surface area (Å²) in [6, 6.07) is 56.5. The number of halogens is 1. The lowest BCUT2D eigenvalue weighted by Gasteiger charge is -2.12. The van der Waals surface area contributed by atoms with Gasteiger partial charge in [0.15, 0.2) is 5.82 Å². The average Bonchev–Trinajstić information content (AvgIpc) is 3.57. The van der Waals surface area contributed by atoms with Gasteiger partial charge in [0.25, 0.3) is 0 Å². The number of hydrogen-bond acceptors (Lipinski definition) is 5. The molecule has 0 spiro atoms. The Kier molecular flexibility index (Phi) is 7.69. The van der Waals surface area contributed by atoms with Crippen LogP contribution in [0.2, 0.25) is 5.28 Å². The van der Waals surface area contributed by atoms with Crippen molar-refractivity contribution in [3.05, 3.63) is 169 Å². The normalized spacial score (nSPS) is 11.3. The van der Waals surface area contributed by atoms with Gasteiger partial charge < -0.3 is 0 Å². The van der Waals surface area contributed by atoms with Gasteiger partial charge in [-0.1, -0.05) is 140 Å². The SMILES string of the molecule is Clc1nc(-c2ccc(-c3nc(-c4cccc(-c5ccccc5)c4)cc(-c4cccc(-c5ccccc5)c4)n3)cc2)c2sc3ccccc3c2n1. The number of hydrogen-bond donors (Lipinski definition) is 0. The van der Waals surface area contributed by atoms with Crippen molar-refractivity contribution in [3.63, 3.8) is 0 Å². The predicted molar refractivity (Wildman–Crippen MR) is 208 cm³/mol. The highest BCUT2D eigenvalue weighted by Crippen LogP contribution is 2.39. The van der Waals surface area contributed by atoms with Crippen molar-refractivity contribution in [1.29, 1.82) is 0 Å². The molecule has 9 rings (SSSR count). The molecule has 0 fully saturated rings. The maximum Gasteiger partial charge on any atom is 0.223 e. The largest absolute Gasteiger partial charge is 0.228 e. The first-order valence-electron chi connectivity index (χ1n) is 16.3. The van der Waals surface area contributed by atoms with Crippen molar-refractivity contribution in [2.75, 3.05) is 0 Å². The minimum Gasteiger partial charge on any atom is -0.228 e.